The maximum Gasteiger partial charge on any atom is 0.0714 e. The number of fused-ring (bicyclic) bond motifs is 10. The molecule has 0 spiro atoms. The van der Waals surface area contributed by atoms with Crippen LogP contribution in [0, 0.1) is 0 Å². The fourth-order valence-electron chi connectivity index (χ4n) is 11.9. The molecule has 14 rings (SSSR count). The first-order chi connectivity index (χ1) is 34.3. The van der Waals surface area contributed by atoms with E-state index in [2.05, 4.69) is 266 Å². The zero-order chi connectivity index (χ0) is 45.5. The van der Waals surface area contributed by atoms with Gasteiger partial charge in [0.1, 0.15) is 0 Å². The zero-order valence-corrected chi connectivity index (χ0v) is 38.5. The lowest BCUT2D eigenvalue weighted by Gasteiger charge is -2.35. The van der Waals surface area contributed by atoms with Crippen LogP contribution in [-0.2, 0) is 5.41 Å². The van der Waals surface area contributed by atoms with Gasteiger partial charge < -0.3 is 4.90 Å². The zero-order valence-electron chi connectivity index (χ0n) is 37.7. The van der Waals surface area contributed by atoms with E-state index in [1.54, 1.807) is 0 Å². The minimum Gasteiger partial charge on any atom is -0.309 e. The van der Waals surface area contributed by atoms with Crippen molar-refractivity contribution in [1.29, 1.82) is 0 Å². The highest BCUT2D eigenvalue weighted by Gasteiger charge is 2.47. The molecule has 0 radical (unpaired) electrons. The normalized spacial score (nSPS) is 12.8. The smallest absolute Gasteiger partial charge is 0.0714 e. The van der Waals surface area contributed by atoms with Crippen LogP contribution in [0.3, 0.4) is 0 Å². The van der Waals surface area contributed by atoms with Crippen molar-refractivity contribution in [1.82, 2.24) is 0 Å². The summed E-state index contributed by atoms with van der Waals surface area (Å²) in [5.74, 6) is 0. The Kier molecular flexibility index (Phi) is 9.05. The number of thiophene rings is 1. The molecular weight excluding hydrogens is 851 g/mol. The Labute approximate surface area is 405 Å². The number of hydrogen-bond donors (Lipinski definition) is 0. The van der Waals surface area contributed by atoms with Gasteiger partial charge in [-0.15, -0.1) is 11.3 Å². The lowest BCUT2D eigenvalue weighted by Crippen LogP contribution is -2.28. The van der Waals surface area contributed by atoms with Crippen molar-refractivity contribution in [3.8, 4) is 33.4 Å². The van der Waals surface area contributed by atoms with Gasteiger partial charge in [-0.1, -0.05) is 237 Å². The predicted molar refractivity (Wildman–Crippen MR) is 295 cm³/mol. The van der Waals surface area contributed by atoms with E-state index in [4.69, 9.17) is 0 Å². The van der Waals surface area contributed by atoms with Crippen molar-refractivity contribution in [2.24, 2.45) is 0 Å². The predicted octanol–water partition coefficient (Wildman–Crippen LogP) is 18.7. The van der Waals surface area contributed by atoms with Crippen LogP contribution in [0.4, 0.5) is 17.1 Å². The minimum absolute atomic E-state index is 0.571. The molecular formula is C67H43NS. The Morgan fingerprint density at radius 1 is 0.333 bits per heavy atom. The van der Waals surface area contributed by atoms with Crippen molar-refractivity contribution in [3.63, 3.8) is 0 Å². The summed E-state index contributed by atoms with van der Waals surface area (Å²) in [6, 6.07) is 97.2. The number of anilines is 3. The average Bonchev–Trinajstić information content (AvgIpc) is 3.96. The molecule has 0 fully saturated rings. The Hall–Kier alpha value is -8.56. The molecule has 1 aliphatic carbocycles. The van der Waals surface area contributed by atoms with E-state index in [0.29, 0.717) is 0 Å². The van der Waals surface area contributed by atoms with Gasteiger partial charge in [0.2, 0.25) is 0 Å². The molecule has 13 aromatic rings. The molecule has 0 saturated heterocycles. The van der Waals surface area contributed by atoms with E-state index in [-0.39, 0.29) is 0 Å². The van der Waals surface area contributed by atoms with Crippen molar-refractivity contribution in [2.45, 2.75) is 5.41 Å². The highest BCUT2D eigenvalue weighted by atomic mass is 32.1. The van der Waals surface area contributed by atoms with Crippen molar-refractivity contribution >= 4 is 80.9 Å². The molecule has 1 heterocycles. The summed E-state index contributed by atoms with van der Waals surface area (Å²) in [4.78, 5) is 2.63. The summed E-state index contributed by atoms with van der Waals surface area (Å²) in [5, 5.41) is 9.91. The Balaban J connectivity index is 1.15. The standard InChI is InChI=1S/C67H43NS/c1-3-24-46(25-4-1)67(47-26-5-2-6-27-47)59-39-15-13-35-58(59)64-60(67)40-20-41-61(64)68(48-28-17-23-45(43-48)50-36-19-38-57-53-32-14-16-42-62(53)69-66(50)57)65-56-34-12-10-31-52(56)51-30-9-11-33-55(51)63(65)54-37-18-22-44-21-7-8-29-49(44)54/h1-43H. The van der Waals surface area contributed by atoms with E-state index in [0.717, 1.165) is 17.1 Å². The van der Waals surface area contributed by atoms with Gasteiger partial charge in [-0.3, -0.25) is 0 Å². The molecule has 1 aromatic heterocycles. The number of nitrogens with zero attached hydrogens (tertiary/aromatic N) is 1. The number of rotatable bonds is 7. The van der Waals surface area contributed by atoms with Gasteiger partial charge in [0.15, 0.2) is 0 Å². The third-order valence-corrected chi connectivity index (χ3v) is 15.9. The lowest BCUT2D eigenvalue weighted by atomic mass is 9.68. The molecule has 0 unspecified atom stereocenters. The van der Waals surface area contributed by atoms with Gasteiger partial charge in [-0.25, -0.2) is 0 Å². The van der Waals surface area contributed by atoms with Gasteiger partial charge >= 0.3 is 0 Å². The molecule has 2 heteroatoms. The monoisotopic (exact) mass is 893 g/mol. The molecule has 322 valence electrons. The molecule has 0 N–H and O–H groups in total. The van der Waals surface area contributed by atoms with Gasteiger partial charge in [0.05, 0.1) is 16.8 Å². The maximum atomic E-state index is 2.63. The number of hydrogen-bond acceptors (Lipinski definition) is 2. The second-order valence-electron chi connectivity index (χ2n) is 18.2. The molecule has 69 heavy (non-hydrogen) atoms. The Morgan fingerprint density at radius 3 is 1.67 bits per heavy atom. The second kappa shape index (κ2) is 15.8. The lowest BCUT2D eigenvalue weighted by molar-refractivity contribution is 0.768. The Morgan fingerprint density at radius 2 is 0.870 bits per heavy atom. The summed E-state index contributed by atoms with van der Waals surface area (Å²) in [6.45, 7) is 0. The van der Waals surface area contributed by atoms with Crippen molar-refractivity contribution in [3.05, 3.63) is 283 Å². The highest BCUT2D eigenvalue weighted by Crippen LogP contribution is 2.61. The largest absolute Gasteiger partial charge is 0.309 e. The first-order valence-corrected chi connectivity index (χ1v) is 24.7. The van der Waals surface area contributed by atoms with Crippen molar-refractivity contribution < 1.29 is 0 Å². The van der Waals surface area contributed by atoms with E-state index < -0.39 is 5.41 Å². The topological polar surface area (TPSA) is 3.24 Å². The van der Waals surface area contributed by atoms with Crippen LogP contribution in [0.2, 0.25) is 0 Å². The van der Waals surface area contributed by atoms with Crippen LogP contribution in [0.1, 0.15) is 22.3 Å². The number of benzene rings is 12. The van der Waals surface area contributed by atoms with Crippen LogP contribution in [-0.4, -0.2) is 0 Å². The highest BCUT2D eigenvalue weighted by molar-refractivity contribution is 7.26. The third-order valence-electron chi connectivity index (χ3n) is 14.7. The first kappa shape index (κ1) is 39.6. The van der Waals surface area contributed by atoms with Crippen molar-refractivity contribution in [2.75, 3.05) is 4.90 Å². The van der Waals surface area contributed by atoms with Crippen LogP contribution < -0.4 is 4.90 Å². The fraction of sp³-hybridized carbons (Fsp3) is 0.0149. The van der Waals surface area contributed by atoms with Crippen LogP contribution in [0.15, 0.2) is 261 Å². The molecule has 1 aliphatic rings. The summed E-state index contributed by atoms with van der Waals surface area (Å²) in [7, 11) is 0. The summed E-state index contributed by atoms with van der Waals surface area (Å²) >= 11 is 1.88. The molecule has 12 aromatic carbocycles. The van der Waals surface area contributed by atoms with Crippen LogP contribution in [0.25, 0.3) is 85.9 Å². The molecule has 0 bridgehead atoms. The molecule has 0 aliphatic heterocycles. The SMILES string of the molecule is c1ccc(C2(c3ccccc3)c3ccccc3-c3c(N(c4cccc(-c5cccc6c5sc5ccccc56)c4)c4c(-c5cccc6ccccc56)c5ccccc5c5ccccc45)cccc32)cc1. The van der Waals surface area contributed by atoms with E-state index in [9.17, 15) is 0 Å². The third kappa shape index (κ3) is 5.89. The maximum absolute atomic E-state index is 2.63. The first-order valence-electron chi connectivity index (χ1n) is 23.8. The summed E-state index contributed by atoms with van der Waals surface area (Å²) in [6.07, 6.45) is 0. The second-order valence-corrected chi connectivity index (χ2v) is 19.3. The average molecular weight is 894 g/mol. The fourth-order valence-corrected chi connectivity index (χ4v) is 13.1. The van der Waals surface area contributed by atoms with Crippen LogP contribution in [0.5, 0.6) is 0 Å². The molecule has 0 saturated carbocycles. The quantitative estimate of drug-likeness (QED) is 0.144. The molecule has 0 amide bonds. The van der Waals surface area contributed by atoms with E-state index in [1.807, 2.05) is 11.3 Å². The van der Waals surface area contributed by atoms with Gasteiger partial charge in [0.25, 0.3) is 0 Å². The molecule has 1 nitrogen and oxygen atoms in total. The summed E-state index contributed by atoms with van der Waals surface area (Å²) in [5.41, 5.74) is 15.2. The van der Waals surface area contributed by atoms with Gasteiger partial charge in [0, 0.05) is 42.4 Å². The molecule has 0 atom stereocenters. The van der Waals surface area contributed by atoms with Gasteiger partial charge in [-0.2, -0.15) is 0 Å². The van der Waals surface area contributed by atoms with E-state index in [1.165, 1.54) is 108 Å². The van der Waals surface area contributed by atoms with Gasteiger partial charge in [-0.05, 0) is 95.7 Å². The summed E-state index contributed by atoms with van der Waals surface area (Å²) < 4.78 is 2.61. The Bertz CT molecular complexity index is 4100. The van der Waals surface area contributed by atoms with E-state index >= 15 is 0 Å². The van der Waals surface area contributed by atoms with Crippen LogP contribution >= 0.6 is 11.3 Å². The minimum atomic E-state index is -0.571.